The molecule has 1 atom stereocenters. The van der Waals surface area contributed by atoms with Crippen LogP contribution in [0.15, 0.2) is 48.7 Å². The molecule has 1 saturated heterocycles. The number of amides is 3. The van der Waals surface area contributed by atoms with E-state index in [1.807, 2.05) is 30.3 Å². The van der Waals surface area contributed by atoms with E-state index in [-0.39, 0.29) is 30.9 Å². The summed E-state index contributed by atoms with van der Waals surface area (Å²) in [6, 6.07) is 12.4. The van der Waals surface area contributed by atoms with Crippen molar-refractivity contribution in [2.24, 2.45) is 5.73 Å². The number of likely N-dealkylation sites (tertiary alicyclic amines) is 1. The van der Waals surface area contributed by atoms with Gasteiger partial charge in [-0.15, -0.1) is 0 Å². The second kappa shape index (κ2) is 10.2. The van der Waals surface area contributed by atoms with E-state index in [2.05, 4.69) is 10.3 Å². The van der Waals surface area contributed by atoms with Crippen LogP contribution in [0.1, 0.15) is 28.9 Å². The van der Waals surface area contributed by atoms with Crippen molar-refractivity contribution in [3.63, 3.8) is 0 Å². The molecule has 1 unspecified atom stereocenters. The number of pyridine rings is 1. The fourth-order valence-electron chi connectivity index (χ4n) is 3.11. The number of rotatable bonds is 7. The van der Waals surface area contributed by atoms with Gasteiger partial charge >= 0.3 is 6.09 Å². The SMILES string of the molecule is NC(=O)c1cc(OC2CCCN(C(=O)CNC(=O)OCc3ccccc3)C2)ccn1. The van der Waals surface area contributed by atoms with Crippen LogP contribution in [-0.4, -0.2) is 53.5 Å². The van der Waals surface area contributed by atoms with Crippen molar-refractivity contribution < 1.29 is 23.9 Å². The van der Waals surface area contributed by atoms with Crippen LogP contribution in [-0.2, 0) is 16.1 Å². The van der Waals surface area contributed by atoms with Crippen molar-refractivity contribution >= 4 is 17.9 Å². The number of nitrogens with one attached hydrogen (secondary N) is 1. The number of carbonyl (C=O) groups is 3. The van der Waals surface area contributed by atoms with Crippen molar-refractivity contribution in [1.29, 1.82) is 0 Å². The number of nitrogens with two attached hydrogens (primary N) is 1. The van der Waals surface area contributed by atoms with Crippen LogP contribution in [0, 0.1) is 0 Å². The van der Waals surface area contributed by atoms with Gasteiger partial charge in [-0.25, -0.2) is 4.79 Å². The molecule has 3 amide bonds. The Balaban J connectivity index is 1.44. The van der Waals surface area contributed by atoms with Gasteiger partial charge in [0.1, 0.15) is 30.7 Å². The zero-order valence-corrected chi connectivity index (χ0v) is 16.5. The van der Waals surface area contributed by atoms with Crippen molar-refractivity contribution in [2.45, 2.75) is 25.6 Å². The number of primary amides is 1. The minimum absolute atomic E-state index is 0.120. The third-order valence-electron chi connectivity index (χ3n) is 4.61. The number of benzene rings is 1. The van der Waals surface area contributed by atoms with Crippen LogP contribution >= 0.6 is 0 Å². The highest BCUT2D eigenvalue weighted by atomic mass is 16.5. The van der Waals surface area contributed by atoms with Gasteiger partial charge in [0.05, 0.1) is 6.54 Å². The predicted octanol–water partition coefficient (Wildman–Crippen LogP) is 1.48. The molecule has 2 aromatic rings. The lowest BCUT2D eigenvalue weighted by Gasteiger charge is -2.33. The molecule has 9 heteroatoms. The van der Waals surface area contributed by atoms with Crippen LogP contribution in [0.25, 0.3) is 0 Å². The molecule has 1 aliphatic rings. The van der Waals surface area contributed by atoms with Crippen LogP contribution in [0.3, 0.4) is 0 Å². The molecule has 2 heterocycles. The lowest BCUT2D eigenvalue weighted by atomic mass is 10.1. The lowest BCUT2D eigenvalue weighted by molar-refractivity contribution is -0.132. The minimum atomic E-state index is -0.646. The Kier molecular flexibility index (Phi) is 7.20. The van der Waals surface area contributed by atoms with Gasteiger partial charge < -0.3 is 25.4 Å². The van der Waals surface area contributed by atoms with Gasteiger partial charge in [-0.05, 0) is 24.5 Å². The molecule has 9 nitrogen and oxygen atoms in total. The summed E-state index contributed by atoms with van der Waals surface area (Å²) in [6.07, 6.45) is 2.11. The van der Waals surface area contributed by atoms with Crippen LogP contribution in [0.5, 0.6) is 5.75 Å². The van der Waals surface area contributed by atoms with Gasteiger partial charge in [-0.2, -0.15) is 0 Å². The number of piperidine rings is 1. The Labute approximate surface area is 174 Å². The molecule has 0 saturated carbocycles. The van der Waals surface area contributed by atoms with Crippen molar-refractivity contribution in [2.75, 3.05) is 19.6 Å². The van der Waals surface area contributed by atoms with Crippen molar-refractivity contribution in [1.82, 2.24) is 15.2 Å². The predicted molar refractivity (Wildman–Crippen MR) is 108 cm³/mol. The van der Waals surface area contributed by atoms with Crippen molar-refractivity contribution in [3.8, 4) is 5.75 Å². The Bertz CT molecular complexity index is 890. The minimum Gasteiger partial charge on any atom is -0.488 e. The fraction of sp³-hybridized carbons (Fsp3) is 0.333. The number of nitrogens with zero attached hydrogens (tertiary/aromatic N) is 2. The van der Waals surface area contributed by atoms with E-state index in [9.17, 15) is 14.4 Å². The van der Waals surface area contributed by atoms with Gasteiger partial charge in [-0.3, -0.25) is 14.6 Å². The average Bonchev–Trinajstić information content (AvgIpc) is 2.77. The summed E-state index contributed by atoms with van der Waals surface area (Å²) in [5, 5.41) is 2.48. The molecule has 1 aliphatic heterocycles. The fourth-order valence-corrected chi connectivity index (χ4v) is 3.11. The van der Waals surface area contributed by atoms with Crippen molar-refractivity contribution in [3.05, 3.63) is 59.9 Å². The Hall–Kier alpha value is -3.62. The van der Waals surface area contributed by atoms with E-state index < -0.39 is 12.0 Å². The van der Waals surface area contributed by atoms with Gasteiger partial charge in [-0.1, -0.05) is 30.3 Å². The van der Waals surface area contributed by atoms with Crippen LogP contribution < -0.4 is 15.8 Å². The zero-order chi connectivity index (χ0) is 21.3. The lowest BCUT2D eigenvalue weighted by Crippen LogP contribution is -2.48. The summed E-state index contributed by atoms with van der Waals surface area (Å²) in [5.41, 5.74) is 6.22. The Morgan fingerprint density at radius 2 is 2.00 bits per heavy atom. The van der Waals surface area contributed by atoms with E-state index >= 15 is 0 Å². The second-order valence-electron chi connectivity index (χ2n) is 6.88. The third-order valence-corrected chi connectivity index (χ3v) is 4.61. The van der Waals surface area contributed by atoms with Crippen LogP contribution in [0.4, 0.5) is 4.79 Å². The molecule has 3 rings (SSSR count). The van der Waals surface area contributed by atoms with Gasteiger partial charge in [0.15, 0.2) is 0 Å². The molecule has 0 spiro atoms. The second-order valence-corrected chi connectivity index (χ2v) is 6.88. The van der Waals surface area contributed by atoms with E-state index in [0.717, 1.165) is 18.4 Å². The summed E-state index contributed by atoms with van der Waals surface area (Å²) in [6.45, 7) is 0.956. The molecule has 3 N–H and O–H groups in total. The number of aromatic nitrogens is 1. The maximum Gasteiger partial charge on any atom is 0.407 e. The monoisotopic (exact) mass is 412 g/mol. The maximum absolute atomic E-state index is 12.4. The van der Waals surface area contributed by atoms with Gasteiger partial charge in [0.25, 0.3) is 5.91 Å². The Morgan fingerprint density at radius 1 is 1.20 bits per heavy atom. The standard InChI is InChI=1S/C21H24N4O5/c22-20(27)18-11-16(8-9-23-18)30-17-7-4-10-25(13-17)19(26)12-24-21(28)29-14-15-5-2-1-3-6-15/h1-3,5-6,8-9,11,17H,4,7,10,12-14H2,(H2,22,27)(H,24,28). The molecular formula is C21H24N4O5. The summed E-state index contributed by atoms with van der Waals surface area (Å²) in [4.78, 5) is 41.0. The smallest absolute Gasteiger partial charge is 0.407 e. The number of hydrogen-bond acceptors (Lipinski definition) is 6. The normalized spacial score (nSPS) is 15.9. The number of carbonyl (C=O) groups excluding carboxylic acids is 3. The molecule has 1 fully saturated rings. The summed E-state index contributed by atoms with van der Waals surface area (Å²) < 4.78 is 11.0. The highest BCUT2D eigenvalue weighted by Crippen LogP contribution is 2.19. The maximum atomic E-state index is 12.4. The molecule has 1 aromatic carbocycles. The van der Waals surface area contributed by atoms with E-state index in [0.29, 0.717) is 18.8 Å². The van der Waals surface area contributed by atoms with Gasteiger partial charge in [0, 0.05) is 18.8 Å². The number of alkyl carbamates (subject to hydrolysis) is 1. The number of ether oxygens (including phenoxy) is 2. The zero-order valence-electron chi connectivity index (χ0n) is 16.5. The Morgan fingerprint density at radius 3 is 2.77 bits per heavy atom. The number of hydrogen-bond donors (Lipinski definition) is 2. The quantitative estimate of drug-likeness (QED) is 0.710. The van der Waals surface area contributed by atoms with E-state index in [1.165, 1.54) is 12.3 Å². The average molecular weight is 412 g/mol. The summed E-state index contributed by atoms with van der Waals surface area (Å²) in [7, 11) is 0. The first-order chi connectivity index (χ1) is 14.5. The first-order valence-electron chi connectivity index (χ1n) is 9.66. The first-order valence-corrected chi connectivity index (χ1v) is 9.66. The largest absolute Gasteiger partial charge is 0.488 e. The molecule has 0 aliphatic carbocycles. The molecule has 158 valence electrons. The van der Waals surface area contributed by atoms with Crippen LogP contribution in [0.2, 0.25) is 0 Å². The first kappa shape index (κ1) is 21.1. The highest BCUT2D eigenvalue weighted by molar-refractivity contribution is 5.91. The topological polar surface area (TPSA) is 124 Å². The van der Waals surface area contributed by atoms with E-state index in [1.54, 1.807) is 11.0 Å². The summed E-state index contributed by atoms with van der Waals surface area (Å²) in [5.74, 6) is -0.376. The molecule has 30 heavy (non-hydrogen) atoms. The molecule has 1 aromatic heterocycles. The molecule has 0 radical (unpaired) electrons. The summed E-state index contributed by atoms with van der Waals surface area (Å²) >= 11 is 0. The molecule has 0 bridgehead atoms. The molecular weight excluding hydrogens is 388 g/mol. The third kappa shape index (κ3) is 6.20. The van der Waals surface area contributed by atoms with Gasteiger partial charge in [0.2, 0.25) is 5.91 Å². The van der Waals surface area contributed by atoms with E-state index in [4.69, 9.17) is 15.2 Å². The highest BCUT2D eigenvalue weighted by Gasteiger charge is 2.25.